The molecule has 2 aromatic carbocycles. The number of thiazole rings is 1. The molecule has 1 heterocycles. The molecule has 0 aliphatic heterocycles. The largest absolute Gasteiger partial charge is 0.302 e. The highest BCUT2D eigenvalue weighted by Crippen LogP contribution is 2.30. The van der Waals surface area contributed by atoms with Crippen molar-refractivity contribution in [3.05, 3.63) is 58.6 Å². The van der Waals surface area contributed by atoms with Crippen molar-refractivity contribution in [2.45, 2.75) is 12.2 Å². The van der Waals surface area contributed by atoms with Crippen LogP contribution in [0.4, 0.5) is 5.13 Å². The van der Waals surface area contributed by atoms with Gasteiger partial charge in [-0.05, 0) is 33.6 Å². The van der Waals surface area contributed by atoms with Gasteiger partial charge in [-0.1, -0.05) is 47.7 Å². The van der Waals surface area contributed by atoms with Crippen LogP contribution < -0.4 is 5.32 Å². The lowest BCUT2D eigenvalue weighted by Crippen LogP contribution is -2.18. The van der Waals surface area contributed by atoms with E-state index in [1.165, 1.54) is 11.3 Å². The van der Waals surface area contributed by atoms with E-state index in [-0.39, 0.29) is 23.8 Å². The van der Waals surface area contributed by atoms with Crippen LogP contribution in [-0.2, 0) is 20.4 Å². The first-order chi connectivity index (χ1) is 11.9. The van der Waals surface area contributed by atoms with Crippen LogP contribution in [0.15, 0.2) is 53.0 Å². The molecule has 0 radical (unpaired) electrons. The number of carbonyl (C=O) groups excluding carboxylic acids is 1. The molecule has 3 rings (SSSR count). The second kappa shape index (κ2) is 7.63. The molecule has 1 aromatic heterocycles. The first-order valence-corrected chi connectivity index (χ1v) is 11.0. The molecule has 25 heavy (non-hydrogen) atoms. The SMILES string of the molecule is O=C(CCS(=O)(=O)Cc1ccccc1)Nc1nc2c(Br)cccc2s1. The van der Waals surface area contributed by atoms with Gasteiger partial charge in [0.15, 0.2) is 15.0 Å². The van der Waals surface area contributed by atoms with E-state index in [2.05, 4.69) is 26.2 Å². The van der Waals surface area contributed by atoms with Crippen molar-refractivity contribution in [2.24, 2.45) is 0 Å². The molecule has 1 amide bonds. The highest BCUT2D eigenvalue weighted by Gasteiger charge is 2.16. The van der Waals surface area contributed by atoms with Crippen LogP contribution in [0, 0.1) is 0 Å². The molecule has 5 nitrogen and oxygen atoms in total. The molecule has 0 aliphatic carbocycles. The topological polar surface area (TPSA) is 76.1 Å². The van der Waals surface area contributed by atoms with Crippen LogP contribution in [0.3, 0.4) is 0 Å². The molecule has 0 unspecified atom stereocenters. The molecule has 3 aromatic rings. The lowest BCUT2D eigenvalue weighted by molar-refractivity contribution is -0.115. The molecular formula is C17H15BrN2O3S2. The predicted molar refractivity (Wildman–Crippen MR) is 104 cm³/mol. The maximum Gasteiger partial charge on any atom is 0.227 e. The molecule has 8 heteroatoms. The summed E-state index contributed by atoms with van der Waals surface area (Å²) < 4.78 is 26.1. The number of rotatable bonds is 6. The summed E-state index contributed by atoms with van der Waals surface area (Å²) in [4.78, 5) is 16.4. The number of amides is 1. The number of carbonyl (C=O) groups is 1. The van der Waals surface area contributed by atoms with Crippen LogP contribution in [0.2, 0.25) is 0 Å². The lowest BCUT2D eigenvalue weighted by atomic mass is 10.2. The van der Waals surface area contributed by atoms with Gasteiger partial charge in [-0.15, -0.1) is 0 Å². The van der Waals surface area contributed by atoms with Gasteiger partial charge in [0.1, 0.15) is 0 Å². The van der Waals surface area contributed by atoms with E-state index in [4.69, 9.17) is 0 Å². The van der Waals surface area contributed by atoms with E-state index in [1.807, 2.05) is 24.3 Å². The summed E-state index contributed by atoms with van der Waals surface area (Å²) >= 11 is 4.77. The van der Waals surface area contributed by atoms with Crippen LogP contribution >= 0.6 is 27.3 Å². The van der Waals surface area contributed by atoms with Crippen molar-refractivity contribution in [2.75, 3.05) is 11.1 Å². The van der Waals surface area contributed by atoms with Crippen molar-refractivity contribution in [3.63, 3.8) is 0 Å². The Morgan fingerprint density at radius 3 is 2.60 bits per heavy atom. The van der Waals surface area contributed by atoms with E-state index < -0.39 is 9.84 Å². The number of para-hydroxylation sites is 1. The minimum Gasteiger partial charge on any atom is -0.302 e. The predicted octanol–water partition coefficient (Wildman–Crippen LogP) is 4.00. The Morgan fingerprint density at radius 2 is 1.88 bits per heavy atom. The third-order valence-corrected chi connectivity index (χ3v) is 6.66. The minimum atomic E-state index is -3.34. The van der Waals surface area contributed by atoms with Gasteiger partial charge in [0.2, 0.25) is 5.91 Å². The zero-order chi connectivity index (χ0) is 17.9. The quantitative estimate of drug-likeness (QED) is 0.630. The molecule has 0 spiro atoms. The molecule has 1 N–H and O–H groups in total. The van der Waals surface area contributed by atoms with Gasteiger partial charge < -0.3 is 5.32 Å². The Kier molecular flexibility index (Phi) is 5.51. The van der Waals surface area contributed by atoms with E-state index in [9.17, 15) is 13.2 Å². The zero-order valence-corrected chi connectivity index (χ0v) is 16.3. The number of hydrogen-bond acceptors (Lipinski definition) is 5. The maximum atomic E-state index is 12.1. The summed E-state index contributed by atoms with van der Waals surface area (Å²) in [6.07, 6.45) is -0.0910. The number of aromatic nitrogens is 1. The minimum absolute atomic E-state index is 0.0603. The molecular weight excluding hydrogens is 424 g/mol. The molecule has 0 bridgehead atoms. The summed E-state index contributed by atoms with van der Waals surface area (Å²) in [5.74, 6) is -0.607. The van der Waals surface area contributed by atoms with Gasteiger partial charge in [-0.2, -0.15) is 0 Å². The second-order valence-corrected chi connectivity index (χ2v) is 9.55. The summed E-state index contributed by atoms with van der Waals surface area (Å²) in [7, 11) is -3.34. The number of hydrogen-bond donors (Lipinski definition) is 1. The van der Waals surface area contributed by atoms with Crippen molar-refractivity contribution in [3.8, 4) is 0 Å². The monoisotopic (exact) mass is 438 g/mol. The van der Waals surface area contributed by atoms with Gasteiger partial charge >= 0.3 is 0 Å². The summed E-state index contributed by atoms with van der Waals surface area (Å²) in [5.41, 5.74) is 1.50. The van der Waals surface area contributed by atoms with E-state index in [0.717, 1.165) is 20.3 Å². The van der Waals surface area contributed by atoms with Crippen molar-refractivity contribution in [1.82, 2.24) is 4.98 Å². The molecule has 0 saturated heterocycles. The number of nitrogens with one attached hydrogen (secondary N) is 1. The van der Waals surface area contributed by atoms with E-state index in [0.29, 0.717) is 5.13 Å². The Labute approximate surface area is 158 Å². The van der Waals surface area contributed by atoms with Crippen LogP contribution in [0.25, 0.3) is 10.2 Å². The Bertz CT molecular complexity index is 1000. The normalized spacial score (nSPS) is 11.6. The number of anilines is 1. The smallest absolute Gasteiger partial charge is 0.227 e. The average molecular weight is 439 g/mol. The van der Waals surface area contributed by atoms with Gasteiger partial charge in [0.05, 0.1) is 21.7 Å². The van der Waals surface area contributed by atoms with Crippen LogP contribution in [0.5, 0.6) is 0 Å². The molecule has 0 atom stereocenters. The fourth-order valence-corrected chi connectivity index (χ4v) is 5.13. The number of sulfone groups is 1. The first kappa shape index (κ1) is 18.0. The van der Waals surface area contributed by atoms with Gasteiger partial charge in [-0.25, -0.2) is 13.4 Å². The van der Waals surface area contributed by atoms with Crippen LogP contribution in [-0.4, -0.2) is 25.1 Å². The molecule has 0 fully saturated rings. The third-order valence-electron chi connectivity index (χ3n) is 3.49. The Balaban J connectivity index is 1.59. The summed E-state index contributed by atoms with van der Waals surface area (Å²) in [5, 5.41) is 3.14. The van der Waals surface area contributed by atoms with Gasteiger partial charge in [0.25, 0.3) is 0 Å². The van der Waals surface area contributed by atoms with Crippen molar-refractivity contribution in [1.29, 1.82) is 0 Å². The summed E-state index contributed by atoms with van der Waals surface area (Å²) in [6.45, 7) is 0. The third kappa shape index (κ3) is 4.87. The number of halogens is 1. The fraction of sp³-hybridized carbons (Fsp3) is 0.176. The highest BCUT2D eigenvalue weighted by molar-refractivity contribution is 9.10. The zero-order valence-electron chi connectivity index (χ0n) is 13.1. The van der Waals surface area contributed by atoms with E-state index in [1.54, 1.807) is 24.3 Å². The standard InChI is InChI=1S/C17H15BrN2O3S2/c18-13-7-4-8-14-16(13)20-17(24-14)19-15(21)9-10-25(22,23)11-12-5-2-1-3-6-12/h1-8H,9-11H2,(H,19,20,21). The average Bonchev–Trinajstić information content (AvgIpc) is 2.98. The maximum absolute atomic E-state index is 12.1. The van der Waals surface area contributed by atoms with Crippen LogP contribution in [0.1, 0.15) is 12.0 Å². The van der Waals surface area contributed by atoms with Crippen molar-refractivity contribution >= 4 is 58.4 Å². The molecule has 0 saturated carbocycles. The number of nitrogens with zero attached hydrogens (tertiary/aromatic N) is 1. The lowest BCUT2D eigenvalue weighted by Gasteiger charge is -2.04. The molecule has 0 aliphatic rings. The number of benzene rings is 2. The number of fused-ring (bicyclic) bond motifs is 1. The van der Waals surface area contributed by atoms with Crippen molar-refractivity contribution < 1.29 is 13.2 Å². The second-order valence-electron chi connectivity index (χ2n) is 5.48. The highest BCUT2D eigenvalue weighted by atomic mass is 79.9. The fourth-order valence-electron chi connectivity index (χ4n) is 2.30. The van der Waals surface area contributed by atoms with Gasteiger partial charge in [0, 0.05) is 10.9 Å². The molecule has 130 valence electrons. The summed E-state index contributed by atoms with van der Waals surface area (Å²) in [6, 6.07) is 14.6. The Morgan fingerprint density at radius 1 is 1.12 bits per heavy atom. The first-order valence-electron chi connectivity index (χ1n) is 7.52. The van der Waals surface area contributed by atoms with Gasteiger partial charge in [-0.3, -0.25) is 4.79 Å². The Hall–Kier alpha value is -1.77. The van der Waals surface area contributed by atoms with E-state index >= 15 is 0 Å².